The Morgan fingerprint density at radius 3 is 2.29 bits per heavy atom. The number of Topliss-reactive ketones (excluding diaryl/α,β-unsaturated/α-hetero) is 1. The fourth-order valence-electron chi connectivity index (χ4n) is 2.92. The van der Waals surface area contributed by atoms with Gasteiger partial charge in [-0.3, -0.25) is 9.59 Å². The predicted molar refractivity (Wildman–Crippen MR) is 93.9 cm³/mol. The Morgan fingerprint density at radius 1 is 0.875 bits per heavy atom. The summed E-state index contributed by atoms with van der Waals surface area (Å²) in [5, 5.41) is 2.14. The zero-order valence-electron chi connectivity index (χ0n) is 13.4. The summed E-state index contributed by atoms with van der Waals surface area (Å²) in [4.78, 5) is 25.0. The van der Waals surface area contributed by atoms with Crippen molar-refractivity contribution < 1.29 is 14.3 Å². The highest BCUT2D eigenvalue weighted by atomic mass is 16.5. The Kier molecular flexibility index (Phi) is 4.71. The minimum Gasteiger partial charge on any atom is -0.468 e. The number of rotatable bonds is 5. The number of ether oxygens (including phenoxy) is 1. The minimum absolute atomic E-state index is 0.213. The summed E-state index contributed by atoms with van der Waals surface area (Å²) >= 11 is 0. The summed E-state index contributed by atoms with van der Waals surface area (Å²) in [5.41, 5.74) is 1.49. The Morgan fingerprint density at radius 2 is 1.54 bits per heavy atom. The number of carbonyl (C=O) groups is 2. The first-order valence-electron chi connectivity index (χ1n) is 7.84. The van der Waals surface area contributed by atoms with E-state index in [2.05, 4.69) is 0 Å². The van der Waals surface area contributed by atoms with Crippen LogP contribution in [-0.4, -0.2) is 18.9 Å². The number of benzene rings is 3. The lowest BCUT2D eigenvalue weighted by atomic mass is 9.89. The highest BCUT2D eigenvalue weighted by Crippen LogP contribution is 2.23. The average molecular weight is 318 g/mol. The molecule has 0 aliphatic heterocycles. The molecule has 3 nitrogen and oxygen atoms in total. The van der Waals surface area contributed by atoms with E-state index in [-0.39, 0.29) is 5.78 Å². The summed E-state index contributed by atoms with van der Waals surface area (Å²) in [6.07, 6.45) is 0.321. The highest BCUT2D eigenvalue weighted by Gasteiger charge is 2.29. The number of fused-ring (bicyclic) bond motifs is 1. The van der Waals surface area contributed by atoms with Gasteiger partial charge < -0.3 is 4.74 Å². The zero-order valence-corrected chi connectivity index (χ0v) is 13.4. The van der Waals surface area contributed by atoms with Crippen molar-refractivity contribution in [3.8, 4) is 0 Å². The van der Waals surface area contributed by atoms with Crippen molar-refractivity contribution >= 4 is 22.5 Å². The van der Waals surface area contributed by atoms with Crippen molar-refractivity contribution in [1.29, 1.82) is 0 Å². The molecule has 120 valence electrons. The Bertz CT molecular complexity index is 863. The largest absolute Gasteiger partial charge is 0.468 e. The molecule has 3 heteroatoms. The minimum atomic E-state index is -0.844. The lowest BCUT2D eigenvalue weighted by Gasteiger charge is -2.15. The molecule has 0 bridgehead atoms. The van der Waals surface area contributed by atoms with Crippen LogP contribution in [0.1, 0.15) is 15.9 Å². The van der Waals surface area contributed by atoms with E-state index in [4.69, 9.17) is 4.74 Å². The van der Waals surface area contributed by atoms with Gasteiger partial charge in [-0.15, -0.1) is 0 Å². The van der Waals surface area contributed by atoms with Crippen LogP contribution in [0, 0.1) is 5.92 Å². The molecule has 0 heterocycles. The molecule has 0 N–H and O–H groups in total. The molecule has 0 fully saturated rings. The van der Waals surface area contributed by atoms with E-state index in [9.17, 15) is 9.59 Å². The Hall–Kier alpha value is -2.94. The number of methoxy groups -OCH3 is 1. The molecule has 0 aromatic heterocycles. The van der Waals surface area contributed by atoms with E-state index >= 15 is 0 Å². The molecule has 0 aliphatic rings. The van der Waals surface area contributed by atoms with Gasteiger partial charge in [-0.25, -0.2) is 0 Å². The molecule has 3 aromatic rings. The van der Waals surface area contributed by atoms with Crippen LogP contribution in [-0.2, 0) is 16.0 Å². The normalized spacial score (nSPS) is 11.9. The SMILES string of the molecule is COC(=O)C(Cc1cccc2ccccc12)C(=O)c1ccccc1. The van der Waals surface area contributed by atoms with Gasteiger partial charge in [-0.1, -0.05) is 72.8 Å². The third kappa shape index (κ3) is 3.20. The molecule has 0 saturated heterocycles. The van der Waals surface area contributed by atoms with Crippen LogP contribution in [0.4, 0.5) is 0 Å². The molecule has 0 amide bonds. The number of esters is 1. The first-order chi connectivity index (χ1) is 11.7. The molecule has 0 aliphatic carbocycles. The van der Waals surface area contributed by atoms with E-state index in [1.807, 2.05) is 48.5 Å². The molecule has 0 saturated carbocycles. The van der Waals surface area contributed by atoms with Gasteiger partial charge in [0, 0.05) is 5.56 Å². The smallest absolute Gasteiger partial charge is 0.316 e. The van der Waals surface area contributed by atoms with Gasteiger partial charge in [0.15, 0.2) is 5.78 Å². The molecule has 3 rings (SSSR count). The fourth-order valence-corrected chi connectivity index (χ4v) is 2.92. The van der Waals surface area contributed by atoms with Crippen LogP contribution in [0.25, 0.3) is 10.8 Å². The molecular formula is C21H18O3. The van der Waals surface area contributed by atoms with Crippen LogP contribution in [0.3, 0.4) is 0 Å². The fraction of sp³-hybridized carbons (Fsp3) is 0.143. The van der Waals surface area contributed by atoms with Crippen LogP contribution in [0.5, 0.6) is 0 Å². The van der Waals surface area contributed by atoms with E-state index in [1.165, 1.54) is 7.11 Å². The first kappa shape index (κ1) is 15.9. The third-order valence-corrected chi connectivity index (χ3v) is 4.16. The summed E-state index contributed by atoms with van der Waals surface area (Å²) < 4.78 is 4.88. The molecular weight excluding hydrogens is 300 g/mol. The van der Waals surface area contributed by atoms with E-state index in [0.29, 0.717) is 12.0 Å². The molecule has 1 atom stereocenters. The standard InChI is InChI=1S/C21H18O3/c1-24-21(23)19(20(22)16-9-3-2-4-10-16)14-17-12-7-11-15-8-5-6-13-18(15)17/h2-13,19H,14H2,1H3. The number of carbonyl (C=O) groups excluding carboxylic acids is 2. The third-order valence-electron chi connectivity index (χ3n) is 4.16. The topological polar surface area (TPSA) is 43.4 Å². The van der Waals surface area contributed by atoms with Crippen molar-refractivity contribution in [2.75, 3.05) is 7.11 Å². The van der Waals surface area contributed by atoms with Crippen LogP contribution in [0.15, 0.2) is 72.8 Å². The van der Waals surface area contributed by atoms with E-state index < -0.39 is 11.9 Å². The van der Waals surface area contributed by atoms with Crippen molar-refractivity contribution in [1.82, 2.24) is 0 Å². The molecule has 24 heavy (non-hydrogen) atoms. The van der Waals surface area contributed by atoms with Crippen molar-refractivity contribution in [3.63, 3.8) is 0 Å². The van der Waals surface area contributed by atoms with Crippen molar-refractivity contribution in [2.45, 2.75) is 6.42 Å². The number of ketones is 1. The summed E-state index contributed by atoms with van der Waals surface area (Å²) in [6, 6.07) is 22.7. The lowest BCUT2D eigenvalue weighted by Crippen LogP contribution is -2.27. The number of hydrogen-bond donors (Lipinski definition) is 0. The van der Waals surface area contributed by atoms with Crippen molar-refractivity contribution in [2.24, 2.45) is 5.92 Å². The lowest BCUT2D eigenvalue weighted by molar-refractivity contribution is -0.143. The second-order valence-corrected chi connectivity index (χ2v) is 5.65. The molecule has 0 spiro atoms. The van der Waals surface area contributed by atoms with Gasteiger partial charge in [0.2, 0.25) is 0 Å². The predicted octanol–water partition coefficient (Wildman–Crippen LogP) is 4.05. The van der Waals surface area contributed by atoms with E-state index in [1.54, 1.807) is 24.3 Å². The monoisotopic (exact) mass is 318 g/mol. The zero-order chi connectivity index (χ0) is 16.9. The molecule has 0 radical (unpaired) electrons. The van der Waals surface area contributed by atoms with Gasteiger partial charge in [-0.2, -0.15) is 0 Å². The maximum atomic E-state index is 12.8. The summed E-state index contributed by atoms with van der Waals surface area (Å²) in [5.74, 6) is -1.56. The molecule has 1 unspecified atom stereocenters. The van der Waals surface area contributed by atoms with Crippen LogP contribution in [0.2, 0.25) is 0 Å². The van der Waals surface area contributed by atoms with Gasteiger partial charge in [0.05, 0.1) is 7.11 Å². The Balaban J connectivity index is 1.98. The van der Waals surface area contributed by atoms with Gasteiger partial charge in [0.25, 0.3) is 0 Å². The van der Waals surface area contributed by atoms with Gasteiger partial charge in [0.1, 0.15) is 5.92 Å². The van der Waals surface area contributed by atoms with Crippen molar-refractivity contribution in [3.05, 3.63) is 83.9 Å². The highest BCUT2D eigenvalue weighted by molar-refractivity contribution is 6.09. The van der Waals surface area contributed by atoms with Crippen LogP contribution < -0.4 is 0 Å². The summed E-state index contributed by atoms with van der Waals surface area (Å²) in [7, 11) is 1.32. The van der Waals surface area contributed by atoms with Crippen LogP contribution >= 0.6 is 0 Å². The second-order valence-electron chi connectivity index (χ2n) is 5.65. The van der Waals surface area contributed by atoms with Gasteiger partial charge >= 0.3 is 5.97 Å². The summed E-state index contributed by atoms with van der Waals surface area (Å²) in [6.45, 7) is 0. The van der Waals surface area contributed by atoms with Gasteiger partial charge in [-0.05, 0) is 22.8 Å². The quantitative estimate of drug-likeness (QED) is 0.405. The molecule has 3 aromatic carbocycles. The average Bonchev–Trinajstić information content (AvgIpc) is 2.65. The van der Waals surface area contributed by atoms with E-state index in [0.717, 1.165) is 16.3 Å². The Labute approximate surface area is 140 Å². The number of hydrogen-bond acceptors (Lipinski definition) is 3. The first-order valence-corrected chi connectivity index (χ1v) is 7.84. The second kappa shape index (κ2) is 7.09. The maximum absolute atomic E-state index is 12.8. The maximum Gasteiger partial charge on any atom is 0.316 e.